The van der Waals surface area contributed by atoms with Crippen molar-refractivity contribution in [2.75, 3.05) is 34.8 Å². The van der Waals surface area contributed by atoms with Gasteiger partial charge in [-0.05, 0) is 36.2 Å². The van der Waals surface area contributed by atoms with Gasteiger partial charge in [0.1, 0.15) is 0 Å². The second-order valence-corrected chi connectivity index (χ2v) is 7.13. The standard InChI is InChI=1S/C19H22N2O2S/c1-14-13-16(7-8-17(14)21-9-11-24-12-10-21)20-19(23)18(22)15-5-3-2-4-6-15/h2-8,13,18,22H,9-12H2,1H3,(H,20,23). The molecule has 0 saturated carbocycles. The second kappa shape index (κ2) is 7.73. The van der Waals surface area contributed by atoms with Gasteiger partial charge in [0.25, 0.3) is 5.91 Å². The van der Waals surface area contributed by atoms with Gasteiger partial charge in [-0.3, -0.25) is 4.79 Å². The molecule has 126 valence electrons. The Hall–Kier alpha value is -1.98. The van der Waals surface area contributed by atoms with Crippen LogP contribution < -0.4 is 10.2 Å². The summed E-state index contributed by atoms with van der Waals surface area (Å²) in [6.07, 6.45) is -1.16. The average molecular weight is 342 g/mol. The number of hydrogen-bond acceptors (Lipinski definition) is 4. The number of carbonyl (C=O) groups excluding carboxylic acids is 1. The SMILES string of the molecule is Cc1cc(NC(=O)C(O)c2ccccc2)ccc1N1CCSCC1. The van der Waals surface area contributed by atoms with E-state index < -0.39 is 12.0 Å². The molecule has 3 rings (SSSR count). The maximum atomic E-state index is 12.2. The van der Waals surface area contributed by atoms with E-state index >= 15 is 0 Å². The summed E-state index contributed by atoms with van der Waals surface area (Å²) in [7, 11) is 0. The summed E-state index contributed by atoms with van der Waals surface area (Å²) in [5.74, 6) is 1.89. The Bertz CT molecular complexity index is 700. The van der Waals surface area contributed by atoms with Crippen molar-refractivity contribution in [3.05, 3.63) is 59.7 Å². The number of aliphatic hydroxyl groups is 1. The number of nitrogens with zero attached hydrogens (tertiary/aromatic N) is 1. The molecule has 1 fully saturated rings. The number of aryl methyl sites for hydroxylation is 1. The predicted molar refractivity (Wildman–Crippen MR) is 101 cm³/mol. The maximum absolute atomic E-state index is 12.2. The zero-order valence-corrected chi connectivity index (χ0v) is 14.6. The molecule has 0 aromatic heterocycles. The highest BCUT2D eigenvalue weighted by Crippen LogP contribution is 2.26. The Morgan fingerprint density at radius 3 is 2.54 bits per heavy atom. The van der Waals surface area contributed by atoms with Crippen LogP contribution in [-0.4, -0.2) is 35.6 Å². The van der Waals surface area contributed by atoms with Crippen molar-refractivity contribution in [1.82, 2.24) is 0 Å². The van der Waals surface area contributed by atoms with Crippen molar-refractivity contribution in [3.8, 4) is 0 Å². The minimum absolute atomic E-state index is 0.414. The summed E-state index contributed by atoms with van der Waals surface area (Å²) in [6, 6.07) is 14.9. The molecule has 4 nitrogen and oxygen atoms in total. The van der Waals surface area contributed by atoms with Crippen molar-refractivity contribution in [1.29, 1.82) is 0 Å². The zero-order chi connectivity index (χ0) is 16.9. The Labute approximate surface area is 146 Å². The van der Waals surface area contributed by atoms with Gasteiger partial charge < -0.3 is 15.3 Å². The molecule has 1 atom stereocenters. The molecule has 1 unspecified atom stereocenters. The first kappa shape index (κ1) is 16.9. The summed E-state index contributed by atoms with van der Waals surface area (Å²) in [6.45, 7) is 4.17. The lowest BCUT2D eigenvalue weighted by Crippen LogP contribution is -2.32. The largest absolute Gasteiger partial charge is 0.378 e. The normalized spacial score (nSPS) is 15.8. The van der Waals surface area contributed by atoms with Crippen molar-refractivity contribution < 1.29 is 9.90 Å². The fraction of sp³-hybridized carbons (Fsp3) is 0.316. The number of nitrogens with one attached hydrogen (secondary N) is 1. The molecule has 1 amide bonds. The lowest BCUT2D eigenvalue weighted by Gasteiger charge is -2.30. The Balaban J connectivity index is 1.69. The van der Waals surface area contributed by atoms with Crippen molar-refractivity contribution in [2.24, 2.45) is 0 Å². The zero-order valence-electron chi connectivity index (χ0n) is 13.7. The maximum Gasteiger partial charge on any atom is 0.257 e. The molecule has 2 aromatic rings. The van der Waals surface area contributed by atoms with Gasteiger partial charge >= 0.3 is 0 Å². The number of amides is 1. The third-order valence-electron chi connectivity index (χ3n) is 4.18. The number of carbonyl (C=O) groups is 1. The summed E-state index contributed by atoms with van der Waals surface area (Å²) in [4.78, 5) is 14.6. The number of rotatable bonds is 4. The minimum atomic E-state index is -1.16. The monoisotopic (exact) mass is 342 g/mol. The van der Waals surface area contributed by atoms with E-state index in [4.69, 9.17) is 0 Å². The van der Waals surface area contributed by atoms with E-state index in [1.165, 1.54) is 5.69 Å². The van der Waals surface area contributed by atoms with Gasteiger partial charge in [-0.1, -0.05) is 30.3 Å². The van der Waals surface area contributed by atoms with Crippen LogP contribution in [0.4, 0.5) is 11.4 Å². The van der Waals surface area contributed by atoms with Gasteiger partial charge in [0.2, 0.25) is 0 Å². The van der Waals surface area contributed by atoms with Crippen LogP contribution in [0.3, 0.4) is 0 Å². The third-order valence-corrected chi connectivity index (χ3v) is 5.12. The minimum Gasteiger partial charge on any atom is -0.378 e. The van der Waals surface area contributed by atoms with Crippen LogP contribution in [0.1, 0.15) is 17.2 Å². The second-order valence-electron chi connectivity index (χ2n) is 5.90. The average Bonchev–Trinajstić information content (AvgIpc) is 2.62. The van der Waals surface area contributed by atoms with Crippen LogP contribution in [-0.2, 0) is 4.79 Å². The van der Waals surface area contributed by atoms with E-state index in [1.54, 1.807) is 12.1 Å². The van der Waals surface area contributed by atoms with E-state index in [9.17, 15) is 9.90 Å². The van der Waals surface area contributed by atoms with E-state index in [-0.39, 0.29) is 0 Å². The molecule has 1 aliphatic rings. The van der Waals surface area contributed by atoms with Crippen molar-refractivity contribution >= 4 is 29.0 Å². The van der Waals surface area contributed by atoms with Crippen LogP contribution in [0.5, 0.6) is 0 Å². The van der Waals surface area contributed by atoms with E-state index in [2.05, 4.69) is 23.2 Å². The molecule has 0 aliphatic carbocycles. The molecule has 1 saturated heterocycles. The van der Waals surface area contributed by atoms with Crippen LogP contribution >= 0.6 is 11.8 Å². The van der Waals surface area contributed by atoms with Gasteiger partial charge in [0.05, 0.1) is 0 Å². The summed E-state index contributed by atoms with van der Waals surface area (Å²) >= 11 is 1.99. The number of hydrogen-bond donors (Lipinski definition) is 2. The fourth-order valence-corrected chi connectivity index (χ4v) is 3.79. The van der Waals surface area contributed by atoms with Crippen LogP contribution in [0.2, 0.25) is 0 Å². The number of benzene rings is 2. The number of anilines is 2. The Morgan fingerprint density at radius 2 is 1.88 bits per heavy atom. The van der Waals surface area contributed by atoms with E-state index in [1.807, 2.05) is 42.1 Å². The molecule has 0 bridgehead atoms. The first-order chi connectivity index (χ1) is 11.6. The van der Waals surface area contributed by atoms with Crippen molar-refractivity contribution in [3.63, 3.8) is 0 Å². The molecular weight excluding hydrogens is 320 g/mol. The van der Waals surface area contributed by atoms with Crippen LogP contribution in [0.15, 0.2) is 48.5 Å². The summed E-state index contributed by atoms with van der Waals surface area (Å²) in [5, 5.41) is 13.0. The van der Waals surface area contributed by atoms with Gasteiger partial charge in [-0.2, -0.15) is 11.8 Å². The molecule has 5 heteroatoms. The molecule has 0 spiro atoms. The molecule has 2 N–H and O–H groups in total. The number of aliphatic hydroxyl groups excluding tert-OH is 1. The van der Waals surface area contributed by atoms with Gasteiger partial charge in [0.15, 0.2) is 6.10 Å². The highest BCUT2D eigenvalue weighted by molar-refractivity contribution is 7.99. The smallest absolute Gasteiger partial charge is 0.257 e. The molecule has 1 heterocycles. The first-order valence-corrected chi connectivity index (χ1v) is 9.28. The lowest BCUT2D eigenvalue weighted by molar-refractivity contribution is -0.124. The van der Waals surface area contributed by atoms with Crippen LogP contribution in [0, 0.1) is 6.92 Å². The first-order valence-electron chi connectivity index (χ1n) is 8.12. The van der Waals surface area contributed by atoms with E-state index in [0.29, 0.717) is 11.3 Å². The summed E-state index contributed by atoms with van der Waals surface area (Å²) in [5.41, 5.74) is 3.66. The van der Waals surface area contributed by atoms with Gasteiger partial charge in [-0.15, -0.1) is 0 Å². The predicted octanol–water partition coefficient (Wildman–Crippen LogP) is 3.22. The van der Waals surface area contributed by atoms with E-state index in [0.717, 1.165) is 30.2 Å². The fourth-order valence-electron chi connectivity index (χ4n) is 2.89. The highest BCUT2D eigenvalue weighted by Gasteiger charge is 2.18. The topological polar surface area (TPSA) is 52.6 Å². The third kappa shape index (κ3) is 3.91. The molecule has 2 aromatic carbocycles. The highest BCUT2D eigenvalue weighted by atomic mass is 32.2. The molecule has 0 radical (unpaired) electrons. The van der Waals surface area contributed by atoms with Crippen molar-refractivity contribution in [2.45, 2.75) is 13.0 Å². The van der Waals surface area contributed by atoms with Gasteiger partial charge in [0, 0.05) is 36.0 Å². The number of thioether (sulfide) groups is 1. The quantitative estimate of drug-likeness (QED) is 0.896. The van der Waals surface area contributed by atoms with Crippen LogP contribution in [0.25, 0.3) is 0 Å². The molecular formula is C19H22N2O2S. The summed E-state index contributed by atoms with van der Waals surface area (Å²) < 4.78 is 0. The lowest BCUT2D eigenvalue weighted by atomic mass is 10.1. The van der Waals surface area contributed by atoms with Gasteiger partial charge in [-0.25, -0.2) is 0 Å². The molecule has 1 aliphatic heterocycles. The Morgan fingerprint density at radius 1 is 1.17 bits per heavy atom. The Kier molecular flexibility index (Phi) is 5.43. The molecule has 24 heavy (non-hydrogen) atoms.